The van der Waals surface area contributed by atoms with Gasteiger partial charge in [0.05, 0.1) is 19.3 Å². The van der Waals surface area contributed by atoms with Crippen LogP contribution in [0.1, 0.15) is 26.3 Å². The van der Waals surface area contributed by atoms with Gasteiger partial charge < -0.3 is 9.47 Å². The first-order valence-electron chi connectivity index (χ1n) is 7.57. The molecule has 0 spiro atoms. The van der Waals surface area contributed by atoms with Crippen LogP contribution in [0.15, 0.2) is 24.3 Å². The number of hydrogen-bond acceptors (Lipinski definition) is 3. The molecule has 0 radical (unpaired) electrons. The van der Waals surface area contributed by atoms with E-state index in [1.165, 1.54) is 5.56 Å². The van der Waals surface area contributed by atoms with Crippen LogP contribution in [0.5, 0.6) is 5.75 Å². The molecule has 0 saturated carbocycles. The van der Waals surface area contributed by atoms with Crippen molar-refractivity contribution < 1.29 is 9.47 Å². The van der Waals surface area contributed by atoms with Gasteiger partial charge in [-0.3, -0.25) is 4.90 Å². The number of hydrogen-bond donors (Lipinski definition) is 0. The Morgan fingerprint density at radius 2 is 1.80 bits per heavy atom. The van der Waals surface area contributed by atoms with Crippen molar-refractivity contribution in [1.29, 1.82) is 0 Å². The largest absolute Gasteiger partial charge is 0.497 e. The van der Waals surface area contributed by atoms with E-state index < -0.39 is 0 Å². The quantitative estimate of drug-likeness (QED) is 0.826. The van der Waals surface area contributed by atoms with E-state index in [4.69, 9.17) is 9.47 Å². The number of methoxy groups -OCH3 is 1. The minimum Gasteiger partial charge on any atom is -0.497 e. The fourth-order valence-electron chi connectivity index (χ4n) is 3.10. The molecule has 1 heterocycles. The van der Waals surface area contributed by atoms with Crippen LogP contribution in [0, 0.1) is 5.92 Å². The van der Waals surface area contributed by atoms with Crippen LogP contribution in [0.2, 0.25) is 0 Å². The summed E-state index contributed by atoms with van der Waals surface area (Å²) < 4.78 is 11.0. The first-order chi connectivity index (χ1) is 9.56. The summed E-state index contributed by atoms with van der Waals surface area (Å²) in [4.78, 5) is 2.53. The fourth-order valence-corrected chi connectivity index (χ4v) is 3.10. The van der Waals surface area contributed by atoms with Crippen molar-refractivity contribution in [2.45, 2.75) is 39.4 Å². The summed E-state index contributed by atoms with van der Waals surface area (Å²) >= 11 is 0. The third kappa shape index (κ3) is 4.50. The minimum atomic E-state index is 0.354. The van der Waals surface area contributed by atoms with E-state index in [-0.39, 0.29) is 0 Å². The van der Waals surface area contributed by atoms with E-state index in [0.29, 0.717) is 18.1 Å². The molecule has 0 aromatic heterocycles. The molecule has 3 atom stereocenters. The van der Waals surface area contributed by atoms with Crippen LogP contribution in [0.3, 0.4) is 0 Å². The predicted octanol–water partition coefficient (Wildman–Crippen LogP) is 2.98. The molecule has 1 fully saturated rings. The lowest BCUT2D eigenvalue weighted by atomic mass is 10.00. The van der Waals surface area contributed by atoms with Crippen LogP contribution in [0.25, 0.3) is 0 Å². The van der Waals surface area contributed by atoms with Gasteiger partial charge in [-0.2, -0.15) is 0 Å². The van der Waals surface area contributed by atoms with E-state index in [9.17, 15) is 0 Å². The first-order valence-corrected chi connectivity index (χ1v) is 7.57. The van der Waals surface area contributed by atoms with E-state index in [0.717, 1.165) is 31.8 Å². The standard InChI is InChI=1S/C17H27NO2/c1-13(9-16-5-7-17(19-4)8-6-16)10-18-11-14(2)20-15(3)12-18/h5-8,13-15H,9-12H2,1-4H3/t13?,14-,15+. The van der Waals surface area contributed by atoms with Crippen LogP contribution >= 0.6 is 0 Å². The summed E-state index contributed by atoms with van der Waals surface area (Å²) in [5, 5.41) is 0. The van der Waals surface area contributed by atoms with Gasteiger partial charge in [-0.1, -0.05) is 19.1 Å². The SMILES string of the molecule is COc1ccc(CC(C)CN2C[C@@H](C)O[C@@H](C)C2)cc1. The topological polar surface area (TPSA) is 21.7 Å². The lowest BCUT2D eigenvalue weighted by Gasteiger charge is -2.36. The number of rotatable bonds is 5. The molecule has 0 N–H and O–H groups in total. The Morgan fingerprint density at radius 3 is 2.35 bits per heavy atom. The lowest BCUT2D eigenvalue weighted by Crippen LogP contribution is -2.47. The molecule has 3 heteroatoms. The average molecular weight is 277 g/mol. The summed E-state index contributed by atoms with van der Waals surface area (Å²) in [6.07, 6.45) is 1.82. The highest BCUT2D eigenvalue weighted by atomic mass is 16.5. The molecule has 112 valence electrons. The summed E-state index contributed by atoms with van der Waals surface area (Å²) in [6, 6.07) is 8.42. The minimum absolute atomic E-state index is 0.354. The van der Waals surface area contributed by atoms with Gasteiger partial charge in [-0.05, 0) is 43.9 Å². The van der Waals surface area contributed by atoms with Crippen LogP contribution in [-0.2, 0) is 11.2 Å². The molecule has 20 heavy (non-hydrogen) atoms. The third-order valence-electron chi connectivity index (χ3n) is 3.81. The number of ether oxygens (including phenoxy) is 2. The van der Waals surface area contributed by atoms with E-state index in [1.54, 1.807) is 7.11 Å². The van der Waals surface area contributed by atoms with Crippen molar-refractivity contribution in [3.05, 3.63) is 29.8 Å². The Labute approximate surface area is 122 Å². The number of nitrogens with zero attached hydrogens (tertiary/aromatic N) is 1. The second-order valence-electron chi connectivity index (χ2n) is 6.13. The maximum atomic E-state index is 5.79. The van der Waals surface area contributed by atoms with Gasteiger partial charge in [0.15, 0.2) is 0 Å². The monoisotopic (exact) mass is 277 g/mol. The molecule has 1 aliphatic heterocycles. The molecule has 1 aliphatic rings. The zero-order valence-electron chi connectivity index (χ0n) is 13.1. The molecule has 0 amide bonds. The molecule has 2 rings (SSSR count). The van der Waals surface area contributed by atoms with E-state index in [2.05, 4.69) is 37.8 Å². The fraction of sp³-hybridized carbons (Fsp3) is 0.647. The van der Waals surface area contributed by atoms with Gasteiger partial charge in [-0.15, -0.1) is 0 Å². The van der Waals surface area contributed by atoms with E-state index >= 15 is 0 Å². The molecule has 1 aromatic rings. The Morgan fingerprint density at radius 1 is 1.20 bits per heavy atom. The van der Waals surface area contributed by atoms with Crippen molar-refractivity contribution in [2.24, 2.45) is 5.92 Å². The number of morpholine rings is 1. The summed E-state index contributed by atoms with van der Waals surface area (Å²) in [7, 11) is 1.71. The molecule has 0 aliphatic carbocycles. The zero-order valence-corrected chi connectivity index (χ0v) is 13.1. The first kappa shape index (κ1) is 15.3. The van der Waals surface area contributed by atoms with Crippen molar-refractivity contribution in [2.75, 3.05) is 26.7 Å². The van der Waals surface area contributed by atoms with Gasteiger partial charge in [0.1, 0.15) is 5.75 Å². The average Bonchev–Trinajstić information content (AvgIpc) is 2.38. The van der Waals surface area contributed by atoms with Gasteiger partial charge in [0.25, 0.3) is 0 Å². The molecular weight excluding hydrogens is 250 g/mol. The molecule has 3 nitrogen and oxygen atoms in total. The Bertz CT molecular complexity index is 394. The van der Waals surface area contributed by atoms with Crippen LogP contribution in [-0.4, -0.2) is 43.9 Å². The molecule has 0 bridgehead atoms. The number of benzene rings is 1. The van der Waals surface area contributed by atoms with Gasteiger partial charge >= 0.3 is 0 Å². The molecule has 1 unspecified atom stereocenters. The highest BCUT2D eigenvalue weighted by Crippen LogP contribution is 2.17. The zero-order chi connectivity index (χ0) is 14.5. The third-order valence-corrected chi connectivity index (χ3v) is 3.81. The predicted molar refractivity (Wildman–Crippen MR) is 82.3 cm³/mol. The summed E-state index contributed by atoms with van der Waals surface area (Å²) in [5.41, 5.74) is 1.38. The molecule has 1 aromatic carbocycles. The highest BCUT2D eigenvalue weighted by Gasteiger charge is 2.23. The second kappa shape index (κ2) is 7.09. The van der Waals surface area contributed by atoms with Gasteiger partial charge in [-0.25, -0.2) is 0 Å². The van der Waals surface area contributed by atoms with Crippen LogP contribution < -0.4 is 4.74 Å². The van der Waals surface area contributed by atoms with Gasteiger partial charge in [0.2, 0.25) is 0 Å². The Hall–Kier alpha value is -1.06. The Balaban J connectivity index is 1.83. The van der Waals surface area contributed by atoms with Crippen molar-refractivity contribution in [3.8, 4) is 5.75 Å². The normalized spacial score (nSPS) is 25.4. The maximum Gasteiger partial charge on any atom is 0.118 e. The molecular formula is C17H27NO2. The lowest BCUT2D eigenvalue weighted by molar-refractivity contribution is -0.0708. The summed E-state index contributed by atoms with van der Waals surface area (Å²) in [6.45, 7) is 9.90. The smallest absolute Gasteiger partial charge is 0.118 e. The van der Waals surface area contributed by atoms with E-state index in [1.807, 2.05) is 12.1 Å². The second-order valence-corrected chi connectivity index (χ2v) is 6.13. The van der Waals surface area contributed by atoms with Crippen molar-refractivity contribution >= 4 is 0 Å². The van der Waals surface area contributed by atoms with Crippen molar-refractivity contribution in [3.63, 3.8) is 0 Å². The summed E-state index contributed by atoms with van der Waals surface area (Å²) in [5.74, 6) is 1.58. The highest BCUT2D eigenvalue weighted by molar-refractivity contribution is 5.27. The Kier molecular flexibility index (Phi) is 5.44. The maximum absolute atomic E-state index is 5.79. The van der Waals surface area contributed by atoms with Crippen molar-refractivity contribution in [1.82, 2.24) is 4.90 Å². The van der Waals surface area contributed by atoms with Crippen LogP contribution in [0.4, 0.5) is 0 Å². The molecule has 1 saturated heterocycles. The van der Waals surface area contributed by atoms with Gasteiger partial charge in [0, 0.05) is 19.6 Å².